The third kappa shape index (κ3) is 4.09. The monoisotopic (exact) mass is 244 g/mol. The second-order valence-corrected chi connectivity index (χ2v) is 4.64. The molecule has 0 spiro atoms. The van der Waals surface area contributed by atoms with Crippen molar-refractivity contribution in [3.05, 3.63) is 5.82 Å². The summed E-state index contributed by atoms with van der Waals surface area (Å²) in [6.45, 7) is 2.92. The molecule has 15 heavy (non-hydrogen) atoms. The molecule has 0 atom stereocenters. The highest BCUT2D eigenvalue weighted by atomic mass is 32.1. The molecule has 1 rings (SSSR count). The van der Waals surface area contributed by atoms with Crippen molar-refractivity contribution in [3.63, 3.8) is 0 Å². The maximum atomic E-state index is 5.44. The number of aryl methyl sites for hydroxylation is 1. The molecule has 0 aliphatic carbocycles. The highest BCUT2D eigenvalue weighted by Gasteiger charge is 2.07. The number of aromatic nitrogens is 2. The first-order chi connectivity index (χ1) is 7.13. The minimum absolute atomic E-state index is 0.542. The van der Waals surface area contributed by atoms with E-state index in [0.29, 0.717) is 11.4 Å². The number of nitrogens with two attached hydrogens (primary N) is 1. The topological polar surface area (TPSA) is 55.0 Å². The molecule has 0 aromatic carbocycles. The SMILES string of the molecule is CCCc1nsc(N(C)CCC(N)=S)n1. The van der Waals surface area contributed by atoms with Gasteiger partial charge in [-0.2, -0.15) is 4.37 Å². The van der Waals surface area contributed by atoms with Gasteiger partial charge >= 0.3 is 0 Å². The van der Waals surface area contributed by atoms with E-state index in [1.807, 2.05) is 11.9 Å². The van der Waals surface area contributed by atoms with E-state index in [4.69, 9.17) is 18.0 Å². The van der Waals surface area contributed by atoms with Gasteiger partial charge in [0.05, 0.1) is 4.99 Å². The van der Waals surface area contributed by atoms with Crippen LogP contribution in [0.15, 0.2) is 0 Å². The second kappa shape index (κ2) is 5.97. The van der Waals surface area contributed by atoms with Crippen molar-refractivity contribution >= 4 is 33.9 Å². The summed E-state index contributed by atoms with van der Waals surface area (Å²) in [4.78, 5) is 7.01. The van der Waals surface area contributed by atoms with Crippen LogP contribution in [0.5, 0.6) is 0 Å². The third-order valence-electron chi connectivity index (χ3n) is 1.95. The maximum Gasteiger partial charge on any atom is 0.204 e. The van der Waals surface area contributed by atoms with Crippen LogP contribution in [0.2, 0.25) is 0 Å². The van der Waals surface area contributed by atoms with Gasteiger partial charge in [-0.25, -0.2) is 4.98 Å². The Kier molecular flexibility index (Phi) is 4.90. The largest absolute Gasteiger partial charge is 0.393 e. The van der Waals surface area contributed by atoms with E-state index in [2.05, 4.69) is 16.3 Å². The van der Waals surface area contributed by atoms with E-state index in [1.165, 1.54) is 11.5 Å². The van der Waals surface area contributed by atoms with Crippen LogP contribution in [-0.2, 0) is 6.42 Å². The number of nitrogens with zero attached hydrogens (tertiary/aromatic N) is 3. The Morgan fingerprint density at radius 2 is 2.33 bits per heavy atom. The van der Waals surface area contributed by atoms with Gasteiger partial charge in [-0.05, 0) is 6.42 Å². The first-order valence-electron chi connectivity index (χ1n) is 4.95. The van der Waals surface area contributed by atoms with Crippen molar-refractivity contribution in [3.8, 4) is 0 Å². The summed E-state index contributed by atoms with van der Waals surface area (Å²) < 4.78 is 4.28. The Morgan fingerprint density at radius 3 is 2.93 bits per heavy atom. The van der Waals surface area contributed by atoms with Crippen molar-refractivity contribution in [1.29, 1.82) is 0 Å². The Balaban J connectivity index is 2.50. The van der Waals surface area contributed by atoms with Crippen LogP contribution in [0.3, 0.4) is 0 Å². The summed E-state index contributed by atoms with van der Waals surface area (Å²) in [5.74, 6) is 0.930. The number of thiocarbonyl (C=S) groups is 1. The predicted molar refractivity (Wildman–Crippen MR) is 68.6 cm³/mol. The number of rotatable bonds is 6. The summed E-state index contributed by atoms with van der Waals surface area (Å²) in [7, 11) is 1.98. The number of hydrogen-bond donors (Lipinski definition) is 1. The van der Waals surface area contributed by atoms with Gasteiger partial charge in [-0.15, -0.1) is 0 Å². The van der Waals surface area contributed by atoms with Gasteiger partial charge in [-0.1, -0.05) is 19.1 Å². The molecule has 2 N–H and O–H groups in total. The highest BCUT2D eigenvalue weighted by Crippen LogP contribution is 2.16. The molecule has 6 heteroatoms. The molecule has 0 bridgehead atoms. The average Bonchev–Trinajstić information content (AvgIpc) is 2.63. The summed E-state index contributed by atoms with van der Waals surface area (Å²) in [6, 6.07) is 0. The molecule has 0 unspecified atom stereocenters. The Bertz CT molecular complexity index is 324. The van der Waals surface area contributed by atoms with Crippen molar-refractivity contribution < 1.29 is 0 Å². The van der Waals surface area contributed by atoms with Gasteiger partial charge in [0.2, 0.25) is 5.13 Å². The van der Waals surface area contributed by atoms with E-state index in [0.717, 1.165) is 30.3 Å². The van der Waals surface area contributed by atoms with Crippen LogP contribution >= 0.6 is 23.8 Å². The molecule has 0 amide bonds. The van der Waals surface area contributed by atoms with Crippen LogP contribution in [0.1, 0.15) is 25.6 Å². The molecule has 0 saturated heterocycles. The zero-order valence-electron chi connectivity index (χ0n) is 9.06. The molecule has 84 valence electrons. The van der Waals surface area contributed by atoms with E-state index in [-0.39, 0.29) is 0 Å². The Labute approximate surface area is 99.7 Å². The van der Waals surface area contributed by atoms with Gasteiger partial charge in [0.25, 0.3) is 0 Å². The lowest BCUT2D eigenvalue weighted by Crippen LogP contribution is -2.23. The highest BCUT2D eigenvalue weighted by molar-refractivity contribution is 7.80. The number of hydrogen-bond acceptors (Lipinski definition) is 5. The fraction of sp³-hybridized carbons (Fsp3) is 0.667. The van der Waals surface area contributed by atoms with Crippen molar-refractivity contribution in [2.75, 3.05) is 18.5 Å². The fourth-order valence-corrected chi connectivity index (χ4v) is 1.89. The summed E-state index contributed by atoms with van der Waals surface area (Å²) >= 11 is 6.26. The van der Waals surface area contributed by atoms with Gasteiger partial charge in [-0.3, -0.25) is 0 Å². The quantitative estimate of drug-likeness (QED) is 0.770. The third-order valence-corrected chi connectivity index (χ3v) is 3.02. The van der Waals surface area contributed by atoms with Gasteiger partial charge in [0, 0.05) is 38.0 Å². The molecular formula is C9H16N4S2. The number of anilines is 1. The first kappa shape index (κ1) is 12.3. The van der Waals surface area contributed by atoms with Gasteiger partial charge < -0.3 is 10.6 Å². The van der Waals surface area contributed by atoms with Gasteiger partial charge in [0.15, 0.2) is 0 Å². The van der Waals surface area contributed by atoms with Gasteiger partial charge in [0.1, 0.15) is 5.82 Å². The summed E-state index contributed by atoms with van der Waals surface area (Å²) in [5.41, 5.74) is 5.44. The molecule has 1 aromatic heterocycles. The Morgan fingerprint density at radius 1 is 1.60 bits per heavy atom. The van der Waals surface area contributed by atoms with Crippen molar-refractivity contribution in [2.24, 2.45) is 5.73 Å². The zero-order chi connectivity index (χ0) is 11.3. The molecular weight excluding hydrogens is 228 g/mol. The van der Waals surface area contributed by atoms with E-state index >= 15 is 0 Å². The molecule has 0 saturated carbocycles. The molecule has 0 fully saturated rings. The minimum Gasteiger partial charge on any atom is -0.393 e. The van der Waals surface area contributed by atoms with Crippen LogP contribution < -0.4 is 10.6 Å². The van der Waals surface area contributed by atoms with E-state index < -0.39 is 0 Å². The lowest BCUT2D eigenvalue weighted by atomic mass is 10.3. The minimum atomic E-state index is 0.542. The van der Waals surface area contributed by atoms with E-state index in [1.54, 1.807) is 0 Å². The first-order valence-corrected chi connectivity index (χ1v) is 6.13. The molecule has 0 aliphatic heterocycles. The van der Waals surface area contributed by atoms with Crippen LogP contribution in [0, 0.1) is 0 Å². The summed E-state index contributed by atoms with van der Waals surface area (Å²) in [6.07, 6.45) is 2.74. The Hall–Kier alpha value is -0.750. The lowest BCUT2D eigenvalue weighted by Gasteiger charge is -2.13. The standard InChI is InChI=1S/C9H16N4S2/c1-3-4-8-11-9(15-12-8)13(2)6-5-7(10)14/h3-6H2,1-2H3,(H2,10,14). The fourth-order valence-electron chi connectivity index (χ4n) is 1.10. The molecule has 0 radical (unpaired) electrons. The van der Waals surface area contributed by atoms with Crippen LogP contribution in [0.4, 0.5) is 5.13 Å². The van der Waals surface area contributed by atoms with Crippen molar-refractivity contribution in [2.45, 2.75) is 26.2 Å². The molecule has 4 nitrogen and oxygen atoms in total. The summed E-state index contributed by atoms with van der Waals surface area (Å²) in [5, 5.41) is 0.940. The van der Waals surface area contributed by atoms with Crippen LogP contribution in [-0.4, -0.2) is 27.9 Å². The van der Waals surface area contributed by atoms with Crippen molar-refractivity contribution in [1.82, 2.24) is 9.36 Å². The smallest absolute Gasteiger partial charge is 0.204 e. The normalized spacial score (nSPS) is 10.3. The molecule has 0 aliphatic rings. The average molecular weight is 244 g/mol. The second-order valence-electron chi connectivity index (χ2n) is 3.38. The zero-order valence-corrected chi connectivity index (χ0v) is 10.7. The molecule has 1 heterocycles. The van der Waals surface area contributed by atoms with Crippen LogP contribution in [0.25, 0.3) is 0 Å². The van der Waals surface area contributed by atoms with E-state index in [9.17, 15) is 0 Å². The lowest BCUT2D eigenvalue weighted by molar-refractivity contribution is 0.847. The molecule has 1 aromatic rings. The maximum absolute atomic E-state index is 5.44. The predicted octanol–water partition coefficient (Wildman–Crippen LogP) is 1.60.